The maximum atomic E-state index is 15.1. The molecular weight excluding hydrogens is 379 g/mol. The molecule has 0 radical (unpaired) electrons. The lowest BCUT2D eigenvalue weighted by atomic mass is 10.1. The first-order valence-electron chi connectivity index (χ1n) is 8.35. The second kappa shape index (κ2) is 6.24. The van der Waals surface area contributed by atoms with E-state index in [2.05, 4.69) is 0 Å². The molecular formula is C17H17FN2O6S. The van der Waals surface area contributed by atoms with E-state index in [1.54, 1.807) is 10.8 Å². The number of phenolic OH excluding ortho intramolecular Hbond substituents is 1. The van der Waals surface area contributed by atoms with Crippen LogP contribution in [0.2, 0.25) is 0 Å². The van der Waals surface area contributed by atoms with Crippen molar-refractivity contribution in [3.05, 3.63) is 30.1 Å². The zero-order valence-electron chi connectivity index (χ0n) is 14.1. The third-order valence-corrected chi connectivity index (χ3v) is 6.04. The van der Waals surface area contributed by atoms with E-state index in [-0.39, 0.29) is 17.9 Å². The molecule has 2 aromatic carbocycles. The third-order valence-electron chi connectivity index (χ3n) is 4.66. The molecule has 0 aromatic heterocycles. The van der Waals surface area contributed by atoms with Crippen molar-refractivity contribution >= 4 is 32.6 Å². The van der Waals surface area contributed by atoms with Crippen molar-refractivity contribution in [2.75, 3.05) is 17.5 Å². The molecule has 1 saturated heterocycles. The van der Waals surface area contributed by atoms with Crippen LogP contribution in [0.4, 0.5) is 10.1 Å². The molecule has 1 aliphatic carbocycles. The van der Waals surface area contributed by atoms with Crippen molar-refractivity contribution in [2.24, 2.45) is 5.92 Å². The molecule has 3 N–H and O–H groups in total. The van der Waals surface area contributed by atoms with Gasteiger partial charge in [-0.1, -0.05) is 6.07 Å². The highest BCUT2D eigenvalue weighted by Gasteiger charge is 2.38. The zero-order valence-corrected chi connectivity index (χ0v) is 14.9. The number of nitrogens with zero attached hydrogens (tertiary/aromatic N) is 1. The highest BCUT2D eigenvalue weighted by Crippen LogP contribution is 2.39. The van der Waals surface area contributed by atoms with Crippen LogP contribution in [-0.4, -0.2) is 43.8 Å². The predicted molar refractivity (Wildman–Crippen MR) is 94.2 cm³/mol. The van der Waals surface area contributed by atoms with E-state index in [1.807, 2.05) is 0 Å². The van der Waals surface area contributed by atoms with Crippen LogP contribution in [0, 0.1) is 11.7 Å². The van der Waals surface area contributed by atoms with Crippen molar-refractivity contribution in [1.29, 1.82) is 0 Å². The summed E-state index contributed by atoms with van der Waals surface area (Å²) in [6, 6.07) is 5.67. The highest BCUT2D eigenvalue weighted by atomic mass is 32.2. The molecule has 1 aliphatic heterocycles. The number of nitrogens with one attached hydrogen (secondary N) is 1. The number of carbonyl (C=O) groups is 1. The lowest BCUT2D eigenvalue weighted by Gasteiger charge is -2.18. The maximum Gasteiger partial charge on any atom is 0.326 e. The number of benzene rings is 2. The summed E-state index contributed by atoms with van der Waals surface area (Å²) in [7, 11) is -4.27. The zero-order chi connectivity index (χ0) is 19.3. The molecule has 2 aromatic rings. The van der Waals surface area contributed by atoms with E-state index in [4.69, 9.17) is 4.74 Å². The number of hydrogen-bond acceptors (Lipinski definition) is 6. The van der Waals surface area contributed by atoms with Gasteiger partial charge in [0.25, 0.3) is 5.91 Å². The first-order valence-corrected chi connectivity index (χ1v) is 9.79. The van der Waals surface area contributed by atoms with E-state index >= 15 is 4.39 Å². The lowest BCUT2D eigenvalue weighted by Crippen LogP contribution is -2.30. The molecule has 27 heavy (non-hydrogen) atoms. The van der Waals surface area contributed by atoms with Crippen LogP contribution >= 0.6 is 0 Å². The first-order chi connectivity index (χ1) is 12.8. The van der Waals surface area contributed by atoms with Crippen molar-refractivity contribution in [2.45, 2.75) is 18.9 Å². The van der Waals surface area contributed by atoms with Crippen LogP contribution in [0.1, 0.15) is 12.8 Å². The van der Waals surface area contributed by atoms with Crippen LogP contribution in [0.3, 0.4) is 0 Å². The van der Waals surface area contributed by atoms with Crippen LogP contribution < -0.4 is 13.8 Å². The van der Waals surface area contributed by atoms with Gasteiger partial charge in [-0.25, -0.2) is 13.4 Å². The fourth-order valence-corrected chi connectivity index (χ4v) is 4.24. The monoisotopic (exact) mass is 396 g/mol. The molecule has 1 heterocycles. The average molecular weight is 396 g/mol. The fourth-order valence-electron chi connectivity index (χ4n) is 3.08. The Morgan fingerprint density at radius 1 is 1.33 bits per heavy atom. The molecule has 10 heteroatoms. The summed E-state index contributed by atoms with van der Waals surface area (Å²) in [5.74, 6) is -1.87. The summed E-state index contributed by atoms with van der Waals surface area (Å²) in [6.07, 6.45) is 1.32. The Morgan fingerprint density at radius 2 is 2.07 bits per heavy atom. The van der Waals surface area contributed by atoms with Crippen molar-refractivity contribution in [3.8, 4) is 11.5 Å². The van der Waals surface area contributed by atoms with Gasteiger partial charge < -0.3 is 14.9 Å². The minimum absolute atomic E-state index is 0.0239. The Morgan fingerprint density at radius 3 is 2.70 bits per heavy atom. The van der Waals surface area contributed by atoms with Gasteiger partial charge in [0.1, 0.15) is 30.3 Å². The smallest absolute Gasteiger partial charge is 0.326 e. The number of amides is 1. The van der Waals surface area contributed by atoms with Crippen LogP contribution in [0.15, 0.2) is 24.3 Å². The van der Waals surface area contributed by atoms with Gasteiger partial charge in [-0.3, -0.25) is 4.79 Å². The summed E-state index contributed by atoms with van der Waals surface area (Å²) in [5.41, 5.74) is -0.601. The van der Waals surface area contributed by atoms with Gasteiger partial charge in [0, 0.05) is 5.39 Å². The van der Waals surface area contributed by atoms with Crippen molar-refractivity contribution in [3.63, 3.8) is 0 Å². The van der Waals surface area contributed by atoms with Crippen molar-refractivity contribution in [1.82, 2.24) is 4.72 Å². The van der Waals surface area contributed by atoms with Gasteiger partial charge >= 0.3 is 10.2 Å². The van der Waals surface area contributed by atoms with E-state index in [0.29, 0.717) is 15.4 Å². The molecule has 1 amide bonds. The summed E-state index contributed by atoms with van der Waals surface area (Å²) in [4.78, 5) is 11.4. The van der Waals surface area contributed by atoms with Gasteiger partial charge in [0.2, 0.25) is 0 Å². The SMILES string of the molecule is O=C1CN(c2c(O)cc3ccc(OCC(O)C4CC4)cc3c2F)S(=O)(=O)N1. The van der Waals surface area contributed by atoms with Crippen molar-refractivity contribution < 1.29 is 32.6 Å². The molecule has 144 valence electrons. The van der Waals surface area contributed by atoms with Gasteiger partial charge in [-0.05, 0) is 42.3 Å². The Kier molecular flexibility index (Phi) is 4.11. The Balaban J connectivity index is 1.71. The molecule has 0 spiro atoms. The Labute approximate surface area is 154 Å². The van der Waals surface area contributed by atoms with Crippen LogP contribution in [0.25, 0.3) is 10.8 Å². The molecule has 8 nitrogen and oxygen atoms in total. The number of halogens is 1. The summed E-state index contributed by atoms with van der Waals surface area (Å²) < 4.78 is 46.8. The Hall–Kier alpha value is -2.59. The van der Waals surface area contributed by atoms with E-state index in [1.165, 1.54) is 18.2 Å². The van der Waals surface area contributed by atoms with E-state index < -0.39 is 46.0 Å². The lowest BCUT2D eigenvalue weighted by molar-refractivity contribution is -0.117. The number of rotatable bonds is 5. The average Bonchev–Trinajstić information content (AvgIpc) is 3.40. The quantitative estimate of drug-likeness (QED) is 0.695. The normalized spacial score (nSPS) is 19.9. The third kappa shape index (κ3) is 3.26. The topological polar surface area (TPSA) is 116 Å². The summed E-state index contributed by atoms with van der Waals surface area (Å²) in [5, 5.41) is 20.4. The highest BCUT2D eigenvalue weighted by molar-refractivity contribution is 7.92. The fraction of sp³-hybridized carbons (Fsp3) is 0.353. The number of aliphatic hydroxyl groups excluding tert-OH is 1. The summed E-state index contributed by atoms with van der Waals surface area (Å²) in [6.45, 7) is -0.552. The van der Waals surface area contributed by atoms with Gasteiger partial charge in [-0.2, -0.15) is 8.42 Å². The molecule has 1 saturated carbocycles. The maximum absolute atomic E-state index is 15.1. The molecule has 1 atom stereocenters. The summed E-state index contributed by atoms with van der Waals surface area (Å²) >= 11 is 0. The second-order valence-electron chi connectivity index (χ2n) is 6.69. The number of hydrogen-bond donors (Lipinski definition) is 3. The van der Waals surface area contributed by atoms with Crippen LogP contribution in [-0.2, 0) is 15.0 Å². The standard InChI is InChI=1S/C17H17FN2O6S/c18-16-12-6-11(26-8-14(22)9-1-2-9)4-3-10(12)5-13(21)17(16)20-7-15(23)19-27(20,24)25/h3-6,9,14,21-22H,1-2,7-8H2,(H,19,23). The number of fused-ring (bicyclic) bond motifs is 1. The number of aromatic hydroxyl groups is 1. The molecule has 2 aliphatic rings. The minimum Gasteiger partial charge on any atom is -0.506 e. The molecule has 2 fully saturated rings. The van der Waals surface area contributed by atoms with E-state index in [0.717, 1.165) is 12.8 Å². The second-order valence-corrected chi connectivity index (χ2v) is 8.29. The number of ether oxygens (including phenoxy) is 1. The Bertz CT molecular complexity index is 1040. The first kappa shape index (κ1) is 17.8. The number of anilines is 1. The number of phenols is 1. The van der Waals surface area contributed by atoms with Crippen LogP contribution in [0.5, 0.6) is 11.5 Å². The minimum atomic E-state index is -4.27. The molecule has 0 bridgehead atoms. The molecule has 1 unspecified atom stereocenters. The number of aliphatic hydroxyl groups is 1. The van der Waals surface area contributed by atoms with Gasteiger partial charge in [-0.15, -0.1) is 0 Å². The van der Waals surface area contributed by atoms with Gasteiger partial charge in [0.05, 0.1) is 6.10 Å². The van der Waals surface area contributed by atoms with Gasteiger partial charge in [0.15, 0.2) is 5.82 Å². The largest absolute Gasteiger partial charge is 0.506 e. The molecule has 4 rings (SSSR count). The van der Waals surface area contributed by atoms with E-state index in [9.17, 15) is 23.4 Å². The predicted octanol–water partition coefficient (Wildman–Crippen LogP) is 1.02. The number of carbonyl (C=O) groups excluding carboxylic acids is 1.